The topological polar surface area (TPSA) is 143 Å². The van der Waals surface area contributed by atoms with E-state index in [9.17, 15) is 4.79 Å². The molecular formula is C40H46N8O2. The van der Waals surface area contributed by atoms with Gasteiger partial charge >= 0.3 is 0 Å². The van der Waals surface area contributed by atoms with E-state index in [-0.39, 0.29) is 29.1 Å². The van der Waals surface area contributed by atoms with E-state index < -0.39 is 0 Å². The van der Waals surface area contributed by atoms with Crippen molar-refractivity contribution >= 4 is 30.1 Å². The van der Waals surface area contributed by atoms with Crippen molar-refractivity contribution in [3.05, 3.63) is 119 Å². The summed E-state index contributed by atoms with van der Waals surface area (Å²) in [6, 6.07) is 23.9. The largest absolute Gasteiger partial charge is 0.392 e. The molecule has 2 aromatic carbocycles. The summed E-state index contributed by atoms with van der Waals surface area (Å²) < 4.78 is 0. The van der Waals surface area contributed by atoms with Crippen LogP contribution in [0.2, 0.25) is 0 Å². The Morgan fingerprint density at radius 1 is 0.680 bits per heavy atom. The maximum Gasteiger partial charge on any atom is 0.234 e. The third kappa shape index (κ3) is 13.8. The van der Waals surface area contributed by atoms with Crippen LogP contribution in [0, 0.1) is 33.5 Å². The maximum atomic E-state index is 10.4. The van der Waals surface area contributed by atoms with Crippen molar-refractivity contribution in [3.63, 3.8) is 0 Å². The zero-order valence-corrected chi connectivity index (χ0v) is 29.8. The van der Waals surface area contributed by atoms with Gasteiger partial charge in [0.2, 0.25) is 11.6 Å². The average molecular weight is 671 g/mol. The number of hydrogen-bond donors (Lipinski definition) is 1. The number of benzene rings is 2. The van der Waals surface area contributed by atoms with Gasteiger partial charge in [0.25, 0.3) is 0 Å². The van der Waals surface area contributed by atoms with Crippen LogP contribution in [0.25, 0.3) is 12.2 Å². The normalized spacial score (nSPS) is 11.4. The summed E-state index contributed by atoms with van der Waals surface area (Å²) in [6.07, 6.45) is 10.9. The highest BCUT2D eigenvalue weighted by atomic mass is 16.2. The fraction of sp³-hybridized carbons (Fsp3) is 0.325. The van der Waals surface area contributed by atoms with Gasteiger partial charge in [0.1, 0.15) is 30.1 Å². The molecule has 4 aromatic rings. The van der Waals surface area contributed by atoms with E-state index in [2.05, 4.69) is 83.4 Å². The molecule has 0 aliphatic carbocycles. The predicted molar refractivity (Wildman–Crippen MR) is 199 cm³/mol. The lowest BCUT2D eigenvalue weighted by Gasteiger charge is -2.31. The third-order valence-corrected chi connectivity index (χ3v) is 6.95. The third-order valence-electron chi connectivity index (χ3n) is 6.95. The summed E-state index contributed by atoms with van der Waals surface area (Å²) in [5, 5.41) is 26.9. The number of nitriles is 2. The first-order chi connectivity index (χ1) is 23.8. The summed E-state index contributed by atoms with van der Waals surface area (Å²) in [5.41, 5.74) is 4.47. The number of carbonyl (C=O) groups is 1. The Morgan fingerprint density at radius 2 is 1.10 bits per heavy atom. The quantitative estimate of drug-likeness (QED) is 0.123. The molecule has 0 radical (unpaired) electrons. The average Bonchev–Trinajstić information content (AvgIpc) is 3.09. The number of aromatic nitrogens is 4. The molecule has 0 aliphatic heterocycles. The van der Waals surface area contributed by atoms with E-state index in [1.54, 1.807) is 24.5 Å². The zero-order chi connectivity index (χ0) is 36.6. The smallest absolute Gasteiger partial charge is 0.234 e. The Bertz CT molecular complexity index is 1810. The Labute approximate surface area is 296 Å². The van der Waals surface area contributed by atoms with Crippen molar-refractivity contribution in [2.45, 2.75) is 54.6 Å². The van der Waals surface area contributed by atoms with Crippen LogP contribution in [-0.4, -0.2) is 51.0 Å². The minimum absolute atomic E-state index is 0.0377. The van der Waals surface area contributed by atoms with E-state index in [0.29, 0.717) is 13.1 Å². The fourth-order valence-electron chi connectivity index (χ4n) is 4.99. The van der Waals surface area contributed by atoms with Crippen molar-refractivity contribution in [2.24, 2.45) is 10.8 Å². The van der Waals surface area contributed by atoms with Crippen LogP contribution in [0.4, 0.5) is 11.6 Å². The molecule has 10 heteroatoms. The second-order valence-electron chi connectivity index (χ2n) is 14.1. The van der Waals surface area contributed by atoms with Gasteiger partial charge in [0.15, 0.2) is 0 Å². The molecular weight excluding hydrogens is 624 g/mol. The van der Waals surface area contributed by atoms with Crippen molar-refractivity contribution in [2.75, 3.05) is 29.5 Å². The lowest BCUT2D eigenvalue weighted by molar-refractivity contribution is -0.104. The van der Waals surface area contributed by atoms with E-state index in [4.69, 9.17) is 15.6 Å². The van der Waals surface area contributed by atoms with Gasteiger partial charge in [0.05, 0.1) is 6.61 Å². The molecule has 0 bridgehead atoms. The number of carbonyl (C=O) groups excluding carboxylic acids is 1. The van der Waals surface area contributed by atoms with Crippen molar-refractivity contribution in [3.8, 4) is 12.1 Å². The van der Waals surface area contributed by atoms with Crippen LogP contribution in [-0.2, 0) is 17.9 Å². The number of rotatable bonds is 12. The summed E-state index contributed by atoms with van der Waals surface area (Å²) in [4.78, 5) is 31.3. The molecule has 0 aliphatic rings. The van der Waals surface area contributed by atoms with Crippen LogP contribution in [0.5, 0.6) is 0 Å². The Balaban J connectivity index is 0.000000270. The van der Waals surface area contributed by atoms with Crippen LogP contribution in [0.1, 0.15) is 75.4 Å². The molecule has 0 atom stereocenters. The minimum atomic E-state index is 0.0377. The molecule has 4 rings (SSSR count). The molecule has 2 heterocycles. The molecule has 258 valence electrons. The lowest BCUT2D eigenvalue weighted by Crippen LogP contribution is -2.33. The van der Waals surface area contributed by atoms with E-state index >= 15 is 0 Å². The molecule has 0 fully saturated rings. The summed E-state index contributed by atoms with van der Waals surface area (Å²) in [5.74, 6) is 1.85. The highest BCUT2D eigenvalue weighted by Crippen LogP contribution is 2.24. The van der Waals surface area contributed by atoms with E-state index in [1.807, 2.05) is 66.7 Å². The highest BCUT2D eigenvalue weighted by molar-refractivity contribution is 5.73. The number of aliphatic hydroxyl groups excluding tert-OH is 1. The number of aldehydes is 1. The molecule has 50 heavy (non-hydrogen) atoms. The van der Waals surface area contributed by atoms with Crippen molar-refractivity contribution in [1.29, 1.82) is 10.5 Å². The Hall–Kier alpha value is -5.71. The standard InChI is InChI=1S/C20H24N4O.C20H22N4O/c2*1-20(2,3)15-24(19-10-11-22-18(13-21)23-19)14-17-8-6-16(7-9-17)5-4-12-25/h4-11,25H,12,14-15H2,1-3H3;4-12H,14-15H2,1-3H3/b2*5-4+. The molecule has 1 N–H and O–H groups in total. The van der Waals surface area contributed by atoms with Crippen LogP contribution in [0.3, 0.4) is 0 Å². The van der Waals surface area contributed by atoms with Gasteiger partial charge in [-0.1, -0.05) is 108 Å². The zero-order valence-electron chi connectivity index (χ0n) is 29.8. The maximum absolute atomic E-state index is 10.4. The van der Waals surface area contributed by atoms with E-state index in [1.165, 1.54) is 6.08 Å². The Kier molecular flexibility index (Phi) is 14.5. The van der Waals surface area contributed by atoms with Gasteiger partial charge in [-0.3, -0.25) is 4.79 Å². The number of aliphatic hydroxyl groups is 1. The molecule has 0 saturated carbocycles. The van der Waals surface area contributed by atoms with Gasteiger partial charge in [-0.2, -0.15) is 10.5 Å². The molecule has 0 amide bonds. The molecule has 0 saturated heterocycles. The predicted octanol–water partition coefficient (Wildman–Crippen LogP) is 7.02. The number of allylic oxidation sites excluding steroid dienone is 1. The van der Waals surface area contributed by atoms with Crippen LogP contribution in [0.15, 0.2) is 85.2 Å². The van der Waals surface area contributed by atoms with Gasteiger partial charge in [-0.05, 0) is 51.3 Å². The van der Waals surface area contributed by atoms with Gasteiger partial charge in [0, 0.05) is 38.6 Å². The Morgan fingerprint density at radius 3 is 1.46 bits per heavy atom. The van der Waals surface area contributed by atoms with Crippen molar-refractivity contribution < 1.29 is 9.90 Å². The fourth-order valence-corrected chi connectivity index (χ4v) is 4.99. The van der Waals surface area contributed by atoms with Crippen molar-refractivity contribution in [1.82, 2.24) is 19.9 Å². The number of anilines is 2. The van der Waals surface area contributed by atoms with Crippen LogP contribution < -0.4 is 9.80 Å². The summed E-state index contributed by atoms with van der Waals surface area (Å²) in [7, 11) is 0. The summed E-state index contributed by atoms with van der Waals surface area (Å²) in [6.45, 7) is 16.0. The van der Waals surface area contributed by atoms with Gasteiger partial charge < -0.3 is 14.9 Å². The van der Waals surface area contributed by atoms with Gasteiger partial charge in [-0.25, -0.2) is 19.9 Å². The molecule has 2 aromatic heterocycles. The first-order valence-electron chi connectivity index (χ1n) is 16.4. The molecule has 0 spiro atoms. The first-order valence-corrected chi connectivity index (χ1v) is 16.4. The number of nitrogens with zero attached hydrogens (tertiary/aromatic N) is 8. The lowest BCUT2D eigenvalue weighted by atomic mass is 9.95. The van der Waals surface area contributed by atoms with E-state index in [0.717, 1.165) is 53.3 Å². The molecule has 0 unspecified atom stereocenters. The number of hydrogen-bond acceptors (Lipinski definition) is 10. The summed E-state index contributed by atoms with van der Waals surface area (Å²) >= 11 is 0. The monoisotopic (exact) mass is 670 g/mol. The minimum Gasteiger partial charge on any atom is -0.392 e. The van der Waals surface area contributed by atoms with Crippen LogP contribution >= 0.6 is 0 Å². The second kappa shape index (κ2) is 18.7. The highest BCUT2D eigenvalue weighted by Gasteiger charge is 2.20. The van der Waals surface area contributed by atoms with Gasteiger partial charge in [-0.15, -0.1) is 0 Å². The second-order valence-corrected chi connectivity index (χ2v) is 14.1. The SMILES string of the molecule is CC(C)(C)CN(Cc1ccc(/C=C/C=O)cc1)c1ccnc(C#N)n1.CC(C)(C)CN(Cc1ccc(/C=C/CO)cc1)c1ccnc(C#N)n1. The first kappa shape index (κ1) is 38.7. The molecule has 10 nitrogen and oxygen atoms in total.